The SMILES string of the molecule is O=C(NCCC1=CCCCC1)c1cc(N2CCc3ccccc3C2)nc2ccccc12. The molecule has 0 radical (unpaired) electrons. The minimum absolute atomic E-state index is 0.00586. The van der Waals surface area contributed by atoms with E-state index in [4.69, 9.17) is 4.98 Å². The van der Waals surface area contributed by atoms with Gasteiger partial charge in [0.1, 0.15) is 5.82 Å². The second-order valence-electron chi connectivity index (χ2n) is 8.60. The maximum atomic E-state index is 13.2. The normalized spacial score (nSPS) is 16.0. The Morgan fingerprint density at radius 2 is 1.84 bits per heavy atom. The van der Waals surface area contributed by atoms with Crippen molar-refractivity contribution in [3.63, 3.8) is 0 Å². The lowest BCUT2D eigenvalue weighted by molar-refractivity contribution is 0.0955. The number of fused-ring (bicyclic) bond motifs is 2. The van der Waals surface area contributed by atoms with Gasteiger partial charge in [-0.3, -0.25) is 4.79 Å². The lowest BCUT2D eigenvalue weighted by Crippen LogP contribution is -2.31. The molecule has 0 spiro atoms. The van der Waals surface area contributed by atoms with Gasteiger partial charge in [0.15, 0.2) is 0 Å². The summed E-state index contributed by atoms with van der Waals surface area (Å²) in [4.78, 5) is 20.4. The van der Waals surface area contributed by atoms with Crippen molar-refractivity contribution in [2.45, 2.75) is 45.1 Å². The number of carbonyl (C=O) groups excluding carboxylic acids is 1. The summed E-state index contributed by atoms with van der Waals surface area (Å²) in [6.45, 7) is 2.43. The summed E-state index contributed by atoms with van der Waals surface area (Å²) in [5.41, 5.74) is 5.83. The molecule has 1 N–H and O–H groups in total. The molecule has 0 fully saturated rings. The van der Waals surface area contributed by atoms with E-state index in [1.807, 2.05) is 30.3 Å². The third-order valence-corrected chi connectivity index (χ3v) is 6.52. The molecular formula is C27H29N3O. The van der Waals surface area contributed by atoms with Gasteiger partial charge in [-0.1, -0.05) is 54.1 Å². The van der Waals surface area contributed by atoms with Crippen molar-refractivity contribution in [1.82, 2.24) is 10.3 Å². The van der Waals surface area contributed by atoms with Gasteiger partial charge in [0, 0.05) is 25.0 Å². The van der Waals surface area contributed by atoms with Crippen LogP contribution in [0.1, 0.15) is 53.6 Å². The van der Waals surface area contributed by atoms with Gasteiger partial charge in [-0.05, 0) is 61.8 Å². The van der Waals surface area contributed by atoms with Crippen molar-refractivity contribution in [3.05, 3.63) is 82.9 Å². The molecular weight excluding hydrogens is 382 g/mol. The number of pyridine rings is 1. The van der Waals surface area contributed by atoms with Gasteiger partial charge < -0.3 is 10.2 Å². The van der Waals surface area contributed by atoms with E-state index >= 15 is 0 Å². The van der Waals surface area contributed by atoms with Gasteiger partial charge in [0.2, 0.25) is 0 Å². The molecule has 4 nitrogen and oxygen atoms in total. The second kappa shape index (κ2) is 8.93. The Hall–Kier alpha value is -3.14. The third-order valence-electron chi connectivity index (χ3n) is 6.52. The Labute approximate surface area is 184 Å². The first-order valence-corrected chi connectivity index (χ1v) is 11.5. The minimum atomic E-state index is -0.00586. The molecule has 1 aliphatic heterocycles. The predicted molar refractivity (Wildman–Crippen MR) is 126 cm³/mol. The highest BCUT2D eigenvalue weighted by Gasteiger charge is 2.20. The molecule has 1 aromatic heterocycles. The summed E-state index contributed by atoms with van der Waals surface area (Å²) < 4.78 is 0. The van der Waals surface area contributed by atoms with Crippen molar-refractivity contribution < 1.29 is 4.79 Å². The zero-order valence-electron chi connectivity index (χ0n) is 17.9. The summed E-state index contributed by atoms with van der Waals surface area (Å²) in [6, 6.07) is 18.5. The number of hydrogen-bond acceptors (Lipinski definition) is 3. The Balaban J connectivity index is 1.38. The van der Waals surface area contributed by atoms with Crippen LogP contribution in [0.15, 0.2) is 66.2 Å². The number of hydrogen-bond donors (Lipinski definition) is 1. The van der Waals surface area contributed by atoms with E-state index in [0.717, 1.165) is 48.2 Å². The van der Waals surface area contributed by atoms with E-state index in [2.05, 4.69) is 40.6 Å². The van der Waals surface area contributed by atoms with Crippen LogP contribution >= 0.6 is 0 Å². The fourth-order valence-corrected chi connectivity index (χ4v) is 4.77. The highest BCUT2D eigenvalue weighted by Crippen LogP contribution is 2.27. The van der Waals surface area contributed by atoms with Crippen LogP contribution in [0.25, 0.3) is 10.9 Å². The molecule has 31 heavy (non-hydrogen) atoms. The standard InChI is InChI=1S/C27H29N3O/c31-27(28-16-14-20-8-2-1-3-9-20)24-18-26(29-25-13-7-6-12-23(24)25)30-17-15-21-10-4-5-11-22(21)19-30/h4-8,10-13,18H,1-3,9,14-17,19H2,(H,28,31). The van der Waals surface area contributed by atoms with Crippen LogP contribution in [0.4, 0.5) is 5.82 Å². The lowest BCUT2D eigenvalue weighted by Gasteiger charge is -2.30. The summed E-state index contributed by atoms with van der Waals surface area (Å²) >= 11 is 0. The average Bonchev–Trinajstić information content (AvgIpc) is 2.83. The highest BCUT2D eigenvalue weighted by molar-refractivity contribution is 6.07. The first-order valence-electron chi connectivity index (χ1n) is 11.5. The Kier molecular flexibility index (Phi) is 5.70. The van der Waals surface area contributed by atoms with E-state index in [1.165, 1.54) is 42.4 Å². The van der Waals surface area contributed by atoms with Gasteiger partial charge >= 0.3 is 0 Å². The van der Waals surface area contributed by atoms with E-state index in [-0.39, 0.29) is 5.91 Å². The second-order valence-corrected chi connectivity index (χ2v) is 8.60. The van der Waals surface area contributed by atoms with Crippen molar-refractivity contribution in [1.29, 1.82) is 0 Å². The van der Waals surface area contributed by atoms with Crippen molar-refractivity contribution >= 4 is 22.6 Å². The van der Waals surface area contributed by atoms with Crippen LogP contribution in [0.2, 0.25) is 0 Å². The fourth-order valence-electron chi connectivity index (χ4n) is 4.77. The van der Waals surface area contributed by atoms with Gasteiger partial charge in [0.25, 0.3) is 5.91 Å². The first-order chi connectivity index (χ1) is 15.3. The summed E-state index contributed by atoms with van der Waals surface area (Å²) in [7, 11) is 0. The Morgan fingerprint density at radius 1 is 1.00 bits per heavy atom. The number of nitrogens with one attached hydrogen (secondary N) is 1. The number of carbonyl (C=O) groups is 1. The number of para-hydroxylation sites is 1. The maximum absolute atomic E-state index is 13.2. The van der Waals surface area contributed by atoms with Crippen molar-refractivity contribution in [2.24, 2.45) is 0 Å². The molecule has 4 heteroatoms. The summed E-state index contributed by atoms with van der Waals surface area (Å²) in [5, 5.41) is 4.07. The predicted octanol–water partition coefficient (Wildman–Crippen LogP) is 5.42. The van der Waals surface area contributed by atoms with Crippen LogP contribution in [0.5, 0.6) is 0 Å². The van der Waals surface area contributed by atoms with Crippen LogP contribution < -0.4 is 10.2 Å². The smallest absolute Gasteiger partial charge is 0.252 e. The lowest BCUT2D eigenvalue weighted by atomic mass is 9.97. The fraction of sp³-hybridized carbons (Fsp3) is 0.333. The van der Waals surface area contributed by atoms with E-state index in [1.54, 1.807) is 0 Å². The molecule has 2 aromatic carbocycles. The van der Waals surface area contributed by atoms with Crippen LogP contribution in [-0.4, -0.2) is 24.0 Å². The summed E-state index contributed by atoms with van der Waals surface area (Å²) in [6.07, 6.45) is 9.23. The van der Waals surface area contributed by atoms with Crippen LogP contribution in [0, 0.1) is 0 Å². The molecule has 0 atom stereocenters. The molecule has 1 amide bonds. The maximum Gasteiger partial charge on any atom is 0.252 e. The van der Waals surface area contributed by atoms with E-state index < -0.39 is 0 Å². The van der Waals surface area contributed by atoms with Gasteiger partial charge in [-0.2, -0.15) is 0 Å². The van der Waals surface area contributed by atoms with Crippen molar-refractivity contribution in [2.75, 3.05) is 18.0 Å². The number of amides is 1. The number of allylic oxidation sites excluding steroid dienone is 1. The molecule has 0 saturated carbocycles. The Bertz CT molecular complexity index is 1130. The van der Waals surface area contributed by atoms with E-state index in [0.29, 0.717) is 6.54 Å². The molecule has 1 aliphatic carbocycles. The number of aromatic nitrogens is 1. The summed E-state index contributed by atoms with van der Waals surface area (Å²) in [5.74, 6) is 0.877. The largest absolute Gasteiger partial charge is 0.352 e. The average molecular weight is 412 g/mol. The van der Waals surface area contributed by atoms with E-state index in [9.17, 15) is 4.79 Å². The molecule has 158 valence electrons. The Morgan fingerprint density at radius 3 is 2.71 bits per heavy atom. The van der Waals surface area contributed by atoms with Crippen molar-refractivity contribution in [3.8, 4) is 0 Å². The minimum Gasteiger partial charge on any atom is -0.352 e. The first kappa shape index (κ1) is 19.8. The topological polar surface area (TPSA) is 45.2 Å². The quantitative estimate of drug-likeness (QED) is 0.571. The molecule has 5 rings (SSSR count). The molecule has 0 unspecified atom stereocenters. The molecule has 0 saturated heterocycles. The highest BCUT2D eigenvalue weighted by atomic mass is 16.1. The van der Waals surface area contributed by atoms with Gasteiger partial charge in [0.05, 0.1) is 11.1 Å². The van der Waals surface area contributed by atoms with Gasteiger partial charge in [-0.15, -0.1) is 0 Å². The van der Waals surface area contributed by atoms with Crippen LogP contribution in [0.3, 0.4) is 0 Å². The third kappa shape index (κ3) is 4.34. The molecule has 2 heterocycles. The number of benzene rings is 2. The number of nitrogens with zero attached hydrogens (tertiary/aromatic N) is 2. The van der Waals surface area contributed by atoms with Gasteiger partial charge in [-0.25, -0.2) is 4.98 Å². The zero-order chi connectivity index (χ0) is 21.0. The number of anilines is 1. The number of rotatable bonds is 5. The molecule has 3 aromatic rings. The molecule has 2 aliphatic rings. The zero-order valence-corrected chi connectivity index (χ0v) is 17.9. The molecule has 0 bridgehead atoms. The van der Waals surface area contributed by atoms with Crippen LogP contribution in [-0.2, 0) is 13.0 Å². The monoisotopic (exact) mass is 411 g/mol.